The SMILES string of the molecule is CCCOCCOCCN(CCCC(C)(C)SC1CC(=O)N(CCC(=O)ON2C(=O)CCC2=O)C1=O)c1cc(COc2cc3c(cc2C)C(=O)N2c4ccccc4C[C@H]2C=N3)cc(COc2cc3c(cc2OC)C(=O)N2c4ccccc4C[C@H]2CC3)c1. The van der Waals surface area contributed by atoms with Gasteiger partial charge in [-0.3, -0.25) is 43.6 Å². The number of carbonyl (C=O) groups excluding carboxylic acids is 7. The molecule has 0 bridgehead atoms. The van der Waals surface area contributed by atoms with Gasteiger partial charge >= 0.3 is 5.97 Å². The molecule has 0 saturated carbocycles. The zero-order chi connectivity index (χ0) is 60.9. The number of aliphatic imine (C=N–C) groups is 1. The zero-order valence-electron chi connectivity index (χ0n) is 50.0. The molecule has 0 N–H and O–H groups in total. The summed E-state index contributed by atoms with van der Waals surface area (Å²) in [5.74, 6) is -1.49. The number of para-hydroxylation sites is 2. The molecule has 6 amide bonds. The van der Waals surface area contributed by atoms with Crippen LogP contribution in [0.2, 0.25) is 0 Å². The van der Waals surface area contributed by atoms with E-state index in [4.69, 9.17) is 33.5 Å². The molecule has 5 aromatic carbocycles. The van der Waals surface area contributed by atoms with Crippen LogP contribution in [0, 0.1) is 6.92 Å². The highest BCUT2D eigenvalue weighted by atomic mass is 32.2. The van der Waals surface area contributed by atoms with Gasteiger partial charge in [0.25, 0.3) is 23.6 Å². The zero-order valence-corrected chi connectivity index (χ0v) is 50.8. The molecule has 3 atom stereocenters. The number of nitrogens with zero attached hydrogens (tertiary/aromatic N) is 6. The number of anilines is 3. The lowest BCUT2D eigenvalue weighted by Gasteiger charge is -2.30. The minimum absolute atomic E-state index is 0.0236. The second kappa shape index (κ2) is 26.5. The summed E-state index contributed by atoms with van der Waals surface area (Å²) >= 11 is 1.43. The molecule has 456 valence electrons. The van der Waals surface area contributed by atoms with Crippen LogP contribution in [0.1, 0.15) is 126 Å². The van der Waals surface area contributed by atoms with Crippen molar-refractivity contribution in [1.29, 1.82) is 0 Å². The van der Waals surface area contributed by atoms with E-state index in [1.54, 1.807) is 7.11 Å². The van der Waals surface area contributed by atoms with Crippen molar-refractivity contribution >= 4 is 82.1 Å². The van der Waals surface area contributed by atoms with Crippen molar-refractivity contribution < 1.29 is 62.1 Å². The quantitative estimate of drug-likeness (QED) is 0.0374. The number of amides is 6. The topological polar surface area (TPSA) is 203 Å². The summed E-state index contributed by atoms with van der Waals surface area (Å²) in [4.78, 5) is 109. The maximum absolute atomic E-state index is 14.4. The Kier molecular flexibility index (Phi) is 18.5. The predicted molar refractivity (Wildman–Crippen MR) is 329 cm³/mol. The molecular weight excluding hydrogens is 1130 g/mol. The van der Waals surface area contributed by atoms with Gasteiger partial charge in [0.15, 0.2) is 11.5 Å². The number of hydrogen-bond donors (Lipinski definition) is 0. The predicted octanol–water partition coefficient (Wildman–Crippen LogP) is 9.63. The van der Waals surface area contributed by atoms with Crippen molar-refractivity contribution in [3.8, 4) is 17.2 Å². The largest absolute Gasteiger partial charge is 0.493 e. The Morgan fingerprint density at radius 2 is 1.38 bits per heavy atom. The van der Waals surface area contributed by atoms with Crippen LogP contribution in [0.5, 0.6) is 17.2 Å². The fourth-order valence-electron chi connectivity index (χ4n) is 12.5. The van der Waals surface area contributed by atoms with Crippen molar-refractivity contribution in [2.75, 3.05) is 67.9 Å². The Bertz CT molecular complexity index is 3520. The molecule has 6 aliphatic heterocycles. The fourth-order valence-corrected chi connectivity index (χ4v) is 13.9. The highest BCUT2D eigenvalue weighted by molar-refractivity contribution is 8.02. The molecule has 5 aromatic rings. The third-order valence-corrected chi connectivity index (χ3v) is 18.3. The number of carbonyl (C=O) groups is 7. The number of likely N-dealkylation sites (tertiary alicyclic amines) is 1. The van der Waals surface area contributed by atoms with E-state index in [2.05, 4.69) is 56.0 Å². The molecule has 6 heterocycles. The number of imide groups is 2. The molecule has 87 heavy (non-hydrogen) atoms. The number of hydrogen-bond acceptors (Lipinski definition) is 16. The molecule has 0 radical (unpaired) electrons. The minimum atomic E-state index is -0.884. The number of methoxy groups -OCH3 is 1. The Morgan fingerprint density at radius 1 is 0.701 bits per heavy atom. The van der Waals surface area contributed by atoms with Crippen LogP contribution in [-0.2, 0) is 70.8 Å². The van der Waals surface area contributed by atoms with Crippen LogP contribution in [0.15, 0.2) is 96.0 Å². The van der Waals surface area contributed by atoms with Crippen LogP contribution in [0.3, 0.4) is 0 Å². The third kappa shape index (κ3) is 13.4. The van der Waals surface area contributed by atoms with E-state index in [0.717, 1.165) is 69.0 Å². The highest BCUT2D eigenvalue weighted by Gasteiger charge is 2.43. The maximum Gasteiger partial charge on any atom is 0.335 e. The Balaban J connectivity index is 0.828. The molecule has 0 spiro atoms. The summed E-state index contributed by atoms with van der Waals surface area (Å²) in [6.45, 7) is 11.3. The maximum atomic E-state index is 14.4. The standard InChI is InChI=1S/C67H74N6O13S/c1-6-25-82-27-28-83-26-24-69(22-11-21-67(3,4)87-59-38-62(76)70(66(59)80)23-20-63(77)86-73-60(74)18-19-61(73)75)49-31-43(40-84-56-37-53-52(29-42(56)2)65(79)72-50(39-68-53)34-47-13-8-10-15-55(47)72)30-44(32-49)41-85-58-35-45-16-17-48-33-46-12-7-9-14-54(46)71(48)64(78)51(45)36-57(58)81-5/h7-10,12-15,29-32,35-37,39,48,50,59H,6,11,16-28,33-34,38,40-41H2,1-5H3/t48-,50+,59?/m1/s1. The van der Waals surface area contributed by atoms with Crippen LogP contribution < -0.4 is 28.9 Å². The van der Waals surface area contributed by atoms with Crippen LogP contribution >= 0.6 is 11.8 Å². The average molecular weight is 1200 g/mol. The van der Waals surface area contributed by atoms with Gasteiger partial charge in [-0.1, -0.05) is 57.2 Å². The minimum Gasteiger partial charge on any atom is -0.493 e. The monoisotopic (exact) mass is 1200 g/mol. The molecule has 1 unspecified atom stereocenters. The first-order valence-electron chi connectivity index (χ1n) is 30.2. The number of benzene rings is 5. The summed E-state index contributed by atoms with van der Waals surface area (Å²) in [7, 11) is 1.58. The van der Waals surface area contributed by atoms with E-state index >= 15 is 0 Å². The van der Waals surface area contributed by atoms with Crippen molar-refractivity contribution in [3.63, 3.8) is 0 Å². The first-order valence-corrected chi connectivity index (χ1v) is 31.0. The number of ether oxygens (including phenoxy) is 5. The normalized spacial score (nSPS) is 18.5. The summed E-state index contributed by atoms with van der Waals surface area (Å²) in [6, 6.07) is 29.7. The molecule has 2 saturated heterocycles. The second-order valence-corrected chi connectivity index (χ2v) is 25.4. The molecule has 11 rings (SSSR count). The van der Waals surface area contributed by atoms with Crippen LogP contribution in [-0.4, -0.2) is 133 Å². The van der Waals surface area contributed by atoms with Gasteiger partial charge < -0.3 is 38.3 Å². The van der Waals surface area contributed by atoms with E-state index in [1.165, 1.54) is 17.3 Å². The summed E-state index contributed by atoms with van der Waals surface area (Å²) in [5, 5.41) is -0.209. The first-order chi connectivity index (χ1) is 42.1. The van der Waals surface area contributed by atoms with Gasteiger partial charge in [0, 0.05) is 97.6 Å². The lowest BCUT2D eigenvalue weighted by Crippen LogP contribution is -2.37. The van der Waals surface area contributed by atoms with Crippen molar-refractivity contribution in [1.82, 2.24) is 9.96 Å². The lowest BCUT2D eigenvalue weighted by molar-refractivity contribution is -0.197. The van der Waals surface area contributed by atoms with Crippen molar-refractivity contribution in [3.05, 3.63) is 136 Å². The summed E-state index contributed by atoms with van der Waals surface area (Å²) < 4.78 is 30.8. The molecule has 2 fully saturated rings. The number of hydroxylamine groups is 2. The smallest absolute Gasteiger partial charge is 0.335 e. The Labute approximate surface area is 511 Å². The van der Waals surface area contributed by atoms with E-state index in [9.17, 15) is 33.6 Å². The molecular formula is C67H74N6O13S. The Morgan fingerprint density at radius 3 is 2.10 bits per heavy atom. The van der Waals surface area contributed by atoms with Gasteiger partial charge in [-0.05, 0) is 127 Å². The number of fused-ring (bicyclic) bond motifs is 8. The summed E-state index contributed by atoms with van der Waals surface area (Å²) in [6.07, 6.45) is 6.64. The number of thioether (sulfide) groups is 1. The van der Waals surface area contributed by atoms with Gasteiger partial charge in [-0.15, -0.1) is 16.8 Å². The average Bonchev–Trinajstić information content (AvgIpc) is 1.91. The lowest BCUT2D eigenvalue weighted by atomic mass is 9.99. The van der Waals surface area contributed by atoms with Gasteiger partial charge in [0.2, 0.25) is 11.8 Å². The van der Waals surface area contributed by atoms with Gasteiger partial charge in [0.1, 0.15) is 19.0 Å². The van der Waals surface area contributed by atoms with Gasteiger partial charge in [-0.2, -0.15) is 0 Å². The molecule has 0 aromatic heterocycles. The number of rotatable bonds is 26. The Hall–Kier alpha value is -8.07. The van der Waals surface area contributed by atoms with Crippen LogP contribution in [0.25, 0.3) is 0 Å². The van der Waals surface area contributed by atoms with E-state index in [-0.39, 0.29) is 69.3 Å². The third-order valence-electron chi connectivity index (χ3n) is 16.8. The fraction of sp³-hybridized carbons (Fsp3) is 0.433. The highest BCUT2D eigenvalue weighted by Crippen LogP contribution is 2.43. The molecule has 19 nitrogen and oxygen atoms in total. The second-order valence-electron chi connectivity index (χ2n) is 23.5. The molecule has 0 aliphatic carbocycles. The molecule has 6 aliphatic rings. The van der Waals surface area contributed by atoms with Crippen molar-refractivity contribution in [2.45, 2.75) is 134 Å². The summed E-state index contributed by atoms with van der Waals surface area (Å²) in [5.41, 5.74) is 10.1. The van der Waals surface area contributed by atoms with E-state index < -0.39 is 39.6 Å². The van der Waals surface area contributed by atoms with Crippen molar-refractivity contribution in [2.24, 2.45) is 4.99 Å². The molecule has 20 heteroatoms. The van der Waals surface area contributed by atoms with E-state index in [0.29, 0.717) is 104 Å². The van der Waals surface area contributed by atoms with Crippen LogP contribution in [0.4, 0.5) is 22.7 Å². The first kappa shape index (κ1) is 60.6. The van der Waals surface area contributed by atoms with E-state index in [1.807, 2.05) is 83.6 Å². The number of aryl methyl sites for hydroxylation is 2. The van der Waals surface area contributed by atoms with Gasteiger partial charge in [-0.25, -0.2) is 4.79 Å². The van der Waals surface area contributed by atoms with Gasteiger partial charge in [0.05, 0.1) is 55.9 Å².